The number of aliphatic hydroxyl groups is 1. The van der Waals surface area contributed by atoms with Crippen molar-refractivity contribution in [3.8, 4) is 11.5 Å². The fourth-order valence-electron chi connectivity index (χ4n) is 15.9. The van der Waals surface area contributed by atoms with E-state index in [-0.39, 0.29) is 170 Å². The van der Waals surface area contributed by atoms with Crippen molar-refractivity contribution in [2.75, 3.05) is 39.3 Å². The van der Waals surface area contributed by atoms with Gasteiger partial charge in [0.15, 0.2) is 11.9 Å². The van der Waals surface area contributed by atoms with Crippen LogP contribution in [-0.2, 0) is 99.1 Å². The van der Waals surface area contributed by atoms with Crippen molar-refractivity contribution in [2.45, 2.75) is 373 Å². The summed E-state index contributed by atoms with van der Waals surface area (Å²) in [7, 11) is 0. The number of hydrogen-bond acceptors (Lipinski definition) is 25. The summed E-state index contributed by atoms with van der Waals surface area (Å²) in [5.41, 5.74) is 29.0. The van der Waals surface area contributed by atoms with E-state index in [1.54, 1.807) is 69.2 Å². The number of aromatic hydroxyl groups is 2. The Labute approximate surface area is 869 Å². The van der Waals surface area contributed by atoms with Crippen molar-refractivity contribution in [3.05, 3.63) is 59.7 Å². The third-order valence-corrected chi connectivity index (χ3v) is 24.3. The minimum atomic E-state index is -1.87. The summed E-state index contributed by atoms with van der Waals surface area (Å²) < 4.78 is 0. The van der Waals surface area contributed by atoms with Gasteiger partial charge < -0.3 is 145 Å². The van der Waals surface area contributed by atoms with Crippen LogP contribution in [0, 0.1) is 40.4 Å². The molecule has 16 atom stereocenters. The maximum Gasteiger partial charge on any atom is 0.326 e. The maximum atomic E-state index is 14.9. The van der Waals surface area contributed by atoms with E-state index < -0.39 is 223 Å². The van der Waals surface area contributed by atoms with E-state index in [1.807, 2.05) is 0 Å². The van der Waals surface area contributed by atoms with Crippen molar-refractivity contribution in [1.29, 1.82) is 10.8 Å². The number of aliphatic carboxylic acids is 1. The van der Waals surface area contributed by atoms with Gasteiger partial charge in [0.25, 0.3) is 0 Å². The molecule has 47 nitrogen and oxygen atoms in total. The highest BCUT2D eigenvalue weighted by Gasteiger charge is 2.41. The van der Waals surface area contributed by atoms with Crippen LogP contribution in [-0.4, -0.2) is 269 Å². The largest absolute Gasteiger partial charge is 0.508 e. The Kier molecular flexibility index (Phi) is 64.0. The summed E-state index contributed by atoms with van der Waals surface area (Å²) in [5, 5.41) is 104. The number of carbonyl (C=O) groups excluding carboxylic acids is 17. The van der Waals surface area contributed by atoms with E-state index in [9.17, 15) is 107 Å². The first-order valence-corrected chi connectivity index (χ1v) is 52.0. The summed E-state index contributed by atoms with van der Waals surface area (Å²) in [5.74, 6) is -19.8. The van der Waals surface area contributed by atoms with Crippen LogP contribution in [0.3, 0.4) is 0 Å². The number of benzene rings is 2. The van der Waals surface area contributed by atoms with Crippen molar-refractivity contribution < 1.29 is 107 Å². The molecule has 47 heteroatoms. The Balaban J connectivity index is 2.53. The van der Waals surface area contributed by atoms with Crippen LogP contribution < -0.4 is 124 Å². The van der Waals surface area contributed by atoms with Crippen LogP contribution in [0.25, 0.3) is 0 Å². The first-order valence-electron chi connectivity index (χ1n) is 52.0. The molecular weight excluding hydrogens is 1920 g/mol. The van der Waals surface area contributed by atoms with E-state index in [2.05, 4.69) is 103 Å². The first kappa shape index (κ1) is 131. The number of carbonyl (C=O) groups is 18. The van der Waals surface area contributed by atoms with Gasteiger partial charge in [-0.3, -0.25) is 92.3 Å². The highest BCUT2D eigenvalue weighted by molar-refractivity contribution is 6.01. The molecule has 0 saturated carbocycles. The molecule has 0 aromatic heterocycles. The molecule has 834 valence electrons. The zero-order chi connectivity index (χ0) is 111. The Morgan fingerprint density at radius 2 is 0.635 bits per heavy atom. The van der Waals surface area contributed by atoms with E-state index in [4.69, 9.17) is 39.5 Å². The lowest BCUT2D eigenvalue weighted by molar-refractivity contribution is -0.143. The smallest absolute Gasteiger partial charge is 0.326 e. The second kappa shape index (κ2) is 72.3. The quantitative estimate of drug-likeness (QED) is 0.0235. The lowest BCUT2D eigenvalue weighted by atomic mass is 9.96. The second-order valence-electron chi connectivity index (χ2n) is 39.7. The monoisotopic (exact) mass is 2090 g/mol. The van der Waals surface area contributed by atoms with Crippen LogP contribution in [0.4, 0.5) is 0 Å². The van der Waals surface area contributed by atoms with E-state index in [0.717, 1.165) is 25.7 Å². The van der Waals surface area contributed by atoms with Crippen LogP contribution in [0.2, 0.25) is 0 Å². The molecule has 0 radical (unpaired) electrons. The van der Waals surface area contributed by atoms with Crippen molar-refractivity contribution in [2.24, 2.45) is 58.3 Å². The molecule has 0 spiro atoms. The molecule has 17 amide bonds. The third kappa shape index (κ3) is 55.6. The highest BCUT2D eigenvalue weighted by atomic mass is 16.4. The zero-order valence-corrected chi connectivity index (χ0v) is 88.6. The van der Waals surface area contributed by atoms with Crippen LogP contribution in [0.1, 0.15) is 281 Å². The van der Waals surface area contributed by atoms with Gasteiger partial charge in [0.1, 0.15) is 96.1 Å². The van der Waals surface area contributed by atoms with Gasteiger partial charge in [0, 0.05) is 32.4 Å². The van der Waals surface area contributed by atoms with Gasteiger partial charge in [-0.05, 0) is 188 Å². The molecule has 2 rings (SSSR count). The first-order chi connectivity index (χ1) is 69.9. The standard InChI is InChI=1S/C101H173N25O22/c1-14-16-17-18-19-20-21-22-23-24-25-36-81(131)111-56-82(132)114-69(34-30-47-109-100(105)106)88(136)116-70(32-26-28-45-102)89(137)120-73(49-58(3)4)87(135)112-57-83(133)115-76(53-65-37-41-67(128)42-38-65)94(142)117-71(33-27-29-46-103)90(138)121-74(50-59(5)6)93(141)122-75(51-60(7)8)96(144)126-85(64(13)127)98(146)125-84(62(11)15-2)97(145)118-72(35-31-48-110-101(107)108)91(139)123-77(54-66-39-43-68(129)44-40-66)92(140)113-63(12)86(134)119-78(55-80(104)130)95(143)124-79(99(147)148)52-61(9)10/h37-44,58-64,69-79,84-85,127-129H,14-36,45-57,102-103H2,1-13H3,(H2,104,130)(H,111,131)(H,112,135)(H,113,140)(H,114,132)(H,115,133)(H,116,136)(H,117,142)(H,118,145)(H,119,134)(H,120,137)(H,121,138)(H,122,141)(H,123,139)(H,124,143)(H,125,146)(H,126,144)(H,147,148)(H4,105,106,109)(H4,107,108,110)/t62-,63-,64+,69-,70-,71-,72-,73-,74-,75-,76-,77-,78-,79-,84-,85-/m0/s1. The number of aliphatic hydroxyl groups excluding tert-OH is 1. The average molecular weight is 2090 g/mol. The second-order valence-corrected chi connectivity index (χ2v) is 39.7. The number of unbranched alkanes of at least 4 members (excludes halogenated alkanes) is 12. The number of phenolic OH excluding ortho intramolecular Hbond substituents is 2. The summed E-state index contributed by atoms with van der Waals surface area (Å²) in [6, 6.07) is -10.0. The number of carboxylic acids is 1. The molecule has 0 heterocycles. The number of primary amides is 1. The molecule has 0 unspecified atom stereocenters. The zero-order valence-electron chi connectivity index (χ0n) is 88.6. The van der Waals surface area contributed by atoms with Gasteiger partial charge in [-0.25, -0.2) is 4.79 Å². The topological polar surface area (TPSA) is 783 Å². The van der Waals surface area contributed by atoms with Gasteiger partial charge in [-0.2, -0.15) is 0 Å². The van der Waals surface area contributed by atoms with Crippen molar-refractivity contribution >= 4 is 118 Å². The summed E-state index contributed by atoms with van der Waals surface area (Å²) >= 11 is 0. The van der Waals surface area contributed by atoms with Crippen LogP contribution >= 0.6 is 0 Å². The Hall–Kier alpha value is -13.1. The molecular formula is C101H173N25O22. The van der Waals surface area contributed by atoms with E-state index in [1.165, 1.54) is 101 Å². The van der Waals surface area contributed by atoms with E-state index in [0.29, 0.717) is 36.8 Å². The summed E-state index contributed by atoms with van der Waals surface area (Å²) in [6.07, 6.45) is 10.5. The summed E-state index contributed by atoms with van der Waals surface area (Å²) in [6.45, 7) is 21.0. The van der Waals surface area contributed by atoms with E-state index >= 15 is 0 Å². The molecule has 0 aliphatic rings. The van der Waals surface area contributed by atoms with Crippen molar-refractivity contribution in [1.82, 2.24) is 95.7 Å². The number of rotatable bonds is 77. The minimum Gasteiger partial charge on any atom is -0.508 e. The Morgan fingerprint density at radius 3 is 1.04 bits per heavy atom. The number of hydrogen-bond donors (Lipinski definition) is 29. The van der Waals surface area contributed by atoms with Crippen LogP contribution in [0.5, 0.6) is 11.5 Å². The lowest BCUT2D eigenvalue weighted by Crippen LogP contribution is -2.63. The predicted molar refractivity (Wildman–Crippen MR) is 558 cm³/mol. The number of phenols is 2. The van der Waals surface area contributed by atoms with Gasteiger partial charge >= 0.3 is 5.97 Å². The minimum absolute atomic E-state index is 0.00220. The third-order valence-electron chi connectivity index (χ3n) is 24.3. The molecule has 0 aliphatic carbocycles. The fraction of sp³-hybridized carbons (Fsp3) is 0.683. The number of amides is 17. The number of carboxylic acid groups (broad SMARTS) is 1. The number of nitrogens with one attached hydrogen (secondary N) is 20. The fourth-order valence-corrected chi connectivity index (χ4v) is 15.9. The number of guanidine groups is 2. The Morgan fingerprint density at radius 1 is 0.318 bits per heavy atom. The summed E-state index contributed by atoms with van der Waals surface area (Å²) in [4.78, 5) is 253. The molecule has 0 saturated heterocycles. The molecule has 0 aliphatic heterocycles. The molecule has 2 aromatic rings. The van der Waals surface area contributed by atoms with Gasteiger partial charge in [-0.15, -0.1) is 0 Å². The normalized spacial score (nSPS) is 14.5. The molecule has 34 N–H and O–H groups in total. The van der Waals surface area contributed by atoms with Crippen LogP contribution in [0.15, 0.2) is 48.5 Å². The molecule has 148 heavy (non-hydrogen) atoms. The van der Waals surface area contributed by atoms with Crippen molar-refractivity contribution in [3.63, 3.8) is 0 Å². The average Bonchev–Trinajstić information content (AvgIpc) is 0.832. The van der Waals surface area contributed by atoms with Gasteiger partial charge in [-0.1, -0.05) is 171 Å². The highest BCUT2D eigenvalue weighted by Crippen LogP contribution is 2.21. The molecule has 2 aromatic carbocycles. The Bertz CT molecular complexity index is 4530. The number of nitrogens with two attached hydrogens (primary N) is 5. The SMILES string of the molecule is CCCCCCCCCCCCCC(=O)NCC(=O)N[C@@H](CCCNC(=N)N)C(=O)N[C@@H](CCCCN)C(=O)N[C@@H](CC(C)C)C(=O)NCC(=O)N[C@@H](Cc1ccc(O)cc1)C(=O)N[C@@H](CCCCN)C(=O)N[C@@H](CC(C)C)C(=O)N[C@@H](CC(C)C)C(=O)N[C@H](C(=O)N[C@H](C(=O)N[C@@H](CCCNC(=N)N)C(=O)N[C@@H](Cc1ccc(O)cc1)C(=O)N[C@@H](C)C(=O)N[C@@H](CC(N)=O)C(=O)N[C@@H](CC(C)C)C(=O)O)[C@@H](C)CC)[C@@H](C)O. The van der Waals surface area contributed by atoms with Gasteiger partial charge in [0.2, 0.25) is 100 Å². The lowest BCUT2D eigenvalue weighted by Gasteiger charge is -2.31. The predicted octanol–water partition coefficient (Wildman–Crippen LogP) is -0.0206. The van der Waals surface area contributed by atoms with Gasteiger partial charge in [0.05, 0.1) is 25.6 Å². The maximum absolute atomic E-state index is 14.9. The molecule has 0 bridgehead atoms. The molecule has 0 fully saturated rings.